The number of aliphatic carboxylic acids is 1. The van der Waals surface area contributed by atoms with Gasteiger partial charge in [-0.2, -0.15) is 0 Å². The van der Waals surface area contributed by atoms with E-state index < -0.39 is 11.9 Å². The molecule has 1 rings (SSSR count). The molecule has 6 heteroatoms. The zero-order chi connectivity index (χ0) is 16.1. The van der Waals surface area contributed by atoms with Gasteiger partial charge >= 0.3 is 5.97 Å². The molecule has 0 unspecified atom stereocenters. The number of carbonyl (C=O) groups is 2. The summed E-state index contributed by atoms with van der Waals surface area (Å²) in [5, 5.41) is 17.3. The number of amides is 1. The molecule has 1 aromatic rings. The van der Waals surface area contributed by atoms with Crippen LogP contribution in [0, 0.1) is 0 Å². The van der Waals surface area contributed by atoms with Crippen LogP contribution in [0.25, 0.3) is 0 Å². The number of hydrogen-bond acceptors (Lipinski definition) is 4. The lowest BCUT2D eigenvalue weighted by Crippen LogP contribution is -2.10. The Morgan fingerprint density at radius 2 is 1.57 bits per heavy atom. The molecule has 0 radical (unpaired) electrons. The van der Waals surface area contributed by atoms with E-state index in [4.69, 9.17) is 21.7 Å². The maximum Gasteiger partial charge on any atom is 0.303 e. The van der Waals surface area contributed by atoms with Crippen LogP contribution < -0.4 is 11.5 Å². The number of carboxylic acid groups (broad SMARTS) is 1. The van der Waals surface area contributed by atoms with Crippen LogP contribution in [0.1, 0.15) is 48.9 Å². The highest BCUT2D eigenvalue weighted by Crippen LogP contribution is 2.13. The smallest absolute Gasteiger partial charge is 0.303 e. The van der Waals surface area contributed by atoms with Crippen LogP contribution in [-0.4, -0.2) is 28.6 Å². The van der Waals surface area contributed by atoms with Crippen molar-refractivity contribution in [1.29, 1.82) is 0 Å². The number of carbonyl (C=O) groups excluding carboxylic acids is 1. The van der Waals surface area contributed by atoms with Gasteiger partial charge in [-0.05, 0) is 31.5 Å². The van der Waals surface area contributed by atoms with Crippen molar-refractivity contribution < 1.29 is 19.8 Å². The molecular weight excluding hydrogens is 272 g/mol. The van der Waals surface area contributed by atoms with Crippen LogP contribution in [0.5, 0.6) is 5.75 Å². The summed E-state index contributed by atoms with van der Waals surface area (Å²) in [6, 6.07) is 6.15. The molecule has 0 saturated carbocycles. The second-order valence-electron chi connectivity index (χ2n) is 4.58. The summed E-state index contributed by atoms with van der Waals surface area (Å²) in [7, 11) is 0. The third-order valence-electron chi connectivity index (χ3n) is 2.76. The summed E-state index contributed by atoms with van der Waals surface area (Å²) < 4.78 is 0. The number of unbranched alkanes of at least 4 members (excludes halogenated alkanes) is 4. The average Bonchev–Trinajstić information content (AvgIpc) is 2.43. The van der Waals surface area contributed by atoms with Gasteiger partial charge in [0.25, 0.3) is 5.91 Å². The number of rotatable bonds is 8. The summed E-state index contributed by atoms with van der Waals surface area (Å²) in [4.78, 5) is 20.6. The van der Waals surface area contributed by atoms with E-state index in [1.54, 1.807) is 12.1 Å². The summed E-state index contributed by atoms with van der Waals surface area (Å²) in [5.74, 6) is -1.38. The first-order chi connectivity index (χ1) is 9.99. The molecule has 118 valence electrons. The fourth-order valence-corrected chi connectivity index (χ4v) is 1.63. The molecule has 0 fully saturated rings. The number of benzene rings is 1. The predicted octanol–water partition coefficient (Wildman–Crippen LogP) is 1.86. The van der Waals surface area contributed by atoms with Gasteiger partial charge in [0.2, 0.25) is 0 Å². The molecule has 1 amide bonds. The lowest BCUT2D eigenvalue weighted by Gasteiger charge is -1.97. The van der Waals surface area contributed by atoms with Crippen LogP contribution in [-0.2, 0) is 4.79 Å². The number of phenols is 1. The second kappa shape index (κ2) is 11.7. The van der Waals surface area contributed by atoms with E-state index in [0.29, 0.717) is 6.42 Å². The van der Waals surface area contributed by atoms with Gasteiger partial charge in [0, 0.05) is 6.42 Å². The fraction of sp³-hybridized carbons (Fsp3) is 0.467. The normalized spacial score (nSPS) is 9.57. The van der Waals surface area contributed by atoms with E-state index in [1.165, 1.54) is 12.1 Å². The number of nitrogens with two attached hydrogens (primary N) is 2. The minimum Gasteiger partial charge on any atom is -0.507 e. The van der Waals surface area contributed by atoms with Crippen LogP contribution in [0.4, 0.5) is 0 Å². The topological polar surface area (TPSA) is 127 Å². The first-order valence-corrected chi connectivity index (χ1v) is 6.98. The van der Waals surface area contributed by atoms with Gasteiger partial charge in [-0.1, -0.05) is 31.4 Å². The van der Waals surface area contributed by atoms with Crippen LogP contribution in [0.2, 0.25) is 0 Å². The molecular formula is C15H24N2O4. The third-order valence-corrected chi connectivity index (χ3v) is 2.76. The Balaban J connectivity index is 0.000000382. The van der Waals surface area contributed by atoms with Crippen molar-refractivity contribution in [2.24, 2.45) is 11.5 Å². The number of aromatic hydroxyl groups is 1. The van der Waals surface area contributed by atoms with E-state index in [0.717, 1.165) is 38.6 Å². The first-order valence-electron chi connectivity index (χ1n) is 6.98. The molecule has 6 nitrogen and oxygen atoms in total. The zero-order valence-corrected chi connectivity index (χ0v) is 12.1. The van der Waals surface area contributed by atoms with Crippen molar-refractivity contribution in [1.82, 2.24) is 0 Å². The molecule has 0 spiro atoms. The lowest BCUT2D eigenvalue weighted by atomic mass is 10.1. The zero-order valence-electron chi connectivity index (χ0n) is 12.1. The van der Waals surface area contributed by atoms with E-state index in [1.807, 2.05) is 0 Å². The Bertz CT molecular complexity index is 435. The van der Waals surface area contributed by atoms with Gasteiger partial charge in [0.15, 0.2) is 0 Å². The number of carboxylic acids is 1. The van der Waals surface area contributed by atoms with Gasteiger partial charge in [0.1, 0.15) is 5.75 Å². The maximum absolute atomic E-state index is 10.5. The van der Waals surface area contributed by atoms with Gasteiger partial charge < -0.3 is 21.7 Å². The first kappa shape index (κ1) is 18.9. The minimum absolute atomic E-state index is 0.0741. The highest BCUT2D eigenvalue weighted by Gasteiger charge is 2.03. The standard InChI is InChI=1S/C8H17NO2.C7H7NO2/c9-7-5-3-1-2-4-6-8(10)11;8-7(10)5-3-1-2-4-6(5)9/h1-7,9H2,(H,10,11);1-4,9H,(H2,8,10). The maximum atomic E-state index is 10.5. The Kier molecular flexibility index (Phi) is 10.6. The summed E-state index contributed by atoms with van der Waals surface area (Å²) >= 11 is 0. The molecule has 0 aliphatic carbocycles. The second-order valence-corrected chi connectivity index (χ2v) is 4.58. The number of hydrogen-bond donors (Lipinski definition) is 4. The van der Waals surface area contributed by atoms with Crippen molar-refractivity contribution in [3.05, 3.63) is 29.8 Å². The van der Waals surface area contributed by atoms with Gasteiger partial charge in [-0.15, -0.1) is 0 Å². The molecule has 1 aromatic carbocycles. The summed E-state index contributed by atoms with van der Waals surface area (Å²) in [6.07, 6.45) is 5.45. The Labute approximate surface area is 124 Å². The molecule has 6 N–H and O–H groups in total. The van der Waals surface area contributed by atoms with Crippen molar-refractivity contribution in [2.45, 2.75) is 38.5 Å². The van der Waals surface area contributed by atoms with Gasteiger partial charge in [0.05, 0.1) is 5.56 Å². The van der Waals surface area contributed by atoms with Crippen molar-refractivity contribution >= 4 is 11.9 Å². The SMILES string of the molecule is NC(=O)c1ccccc1O.NCCCCCCCC(=O)O. The summed E-state index contributed by atoms with van der Waals surface area (Å²) in [5.41, 5.74) is 10.4. The predicted molar refractivity (Wildman–Crippen MR) is 81.0 cm³/mol. The Morgan fingerprint density at radius 3 is 2.05 bits per heavy atom. The van der Waals surface area contributed by atoms with E-state index in [-0.39, 0.29) is 11.3 Å². The lowest BCUT2D eigenvalue weighted by molar-refractivity contribution is -0.137. The van der Waals surface area contributed by atoms with Crippen LogP contribution >= 0.6 is 0 Å². The van der Waals surface area contributed by atoms with Crippen molar-refractivity contribution in [3.63, 3.8) is 0 Å². The van der Waals surface area contributed by atoms with Gasteiger partial charge in [-0.3, -0.25) is 9.59 Å². The monoisotopic (exact) mass is 296 g/mol. The highest BCUT2D eigenvalue weighted by molar-refractivity contribution is 5.95. The largest absolute Gasteiger partial charge is 0.507 e. The quantitative estimate of drug-likeness (QED) is 0.544. The molecule has 0 aromatic heterocycles. The third kappa shape index (κ3) is 10.4. The summed E-state index contributed by atoms with van der Waals surface area (Å²) in [6.45, 7) is 0.749. The number of para-hydroxylation sites is 1. The molecule has 0 atom stereocenters. The molecule has 0 heterocycles. The van der Waals surface area contributed by atoms with E-state index in [9.17, 15) is 9.59 Å². The molecule has 0 bridgehead atoms. The molecule has 0 aliphatic heterocycles. The highest BCUT2D eigenvalue weighted by atomic mass is 16.4. The van der Waals surface area contributed by atoms with E-state index in [2.05, 4.69) is 0 Å². The van der Waals surface area contributed by atoms with Crippen molar-refractivity contribution in [3.8, 4) is 5.75 Å². The molecule has 0 aliphatic rings. The van der Waals surface area contributed by atoms with Crippen LogP contribution in [0.3, 0.4) is 0 Å². The molecule has 0 saturated heterocycles. The van der Waals surface area contributed by atoms with Gasteiger partial charge in [-0.25, -0.2) is 0 Å². The fourth-order valence-electron chi connectivity index (χ4n) is 1.63. The number of primary amides is 1. The Morgan fingerprint density at radius 1 is 1.00 bits per heavy atom. The Hall–Kier alpha value is -2.08. The van der Waals surface area contributed by atoms with Crippen LogP contribution in [0.15, 0.2) is 24.3 Å². The van der Waals surface area contributed by atoms with Crippen molar-refractivity contribution in [2.75, 3.05) is 6.54 Å². The molecule has 21 heavy (non-hydrogen) atoms. The minimum atomic E-state index is -0.691. The van der Waals surface area contributed by atoms with E-state index >= 15 is 0 Å². The average molecular weight is 296 g/mol.